The molecule has 0 aliphatic carbocycles. The van der Waals surface area contributed by atoms with Gasteiger partial charge in [0.2, 0.25) is 0 Å². The SMILES string of the molecule is Cc1nc(I)cc(N2CC[C@H](O)C2)n1.S. The molecule has 0 aromatic carbocycles. The summed E-state index contributed by atoms with van der Waals surface area (Å²) in [5, 5.41) is 9.41. The Morgan fingerprint density at radius 3 is 2.80 bits per heavy atom. The molecule has 1 saturated heterocycles. The molecule has 0 saturated carbocycles. The van der Waals surface area contributed by atoms with Crippen LogP contribution in [-0.4, -0.2) is 34.3 Å². The van der Waals surface area contributed by atoms with Crippen LogP contribution in [0, 0.1) is 10.6 Å². The first-order valence-electron chi connectivity index (χ1n) is 4.59. The molecule has 84 valence electrons. The van der Waals surface area contributed by atoms with E-state index in [0.29, 0.717) is 6.54 Å². The highest BCUT2D eigenvalue weighted by Crippen LogP contribution is 2.19. The van der Waals surface area contributed by atoms with E-state index in [1.807, 2.05) is 13.0 Å². The number of aromatic nitrogens is 2. The molecule has 1 N–H and O–H groups in total. The van der Waals surface area contributed by atoms with Crippen molar-refractivity contribution in [2.24, 2.45) is 0 Å². The molecule has 0 radical (unpaired) electrons. The van der Waals surface area contributed by atoms with Crippen LogP contribution in [-0.2, 0) is 0 Å². The Kier molecular flexibility index (Phi) is 4.60. The van der Waals surface area contributed by atoms with Gasteiger partial charge in [-0.3, -0.25) is 0 Å². The minimum Gasteiger partial charge on any atom is -0.391 e. The van der Waals surface area contributed by atoms with E-state index in [9.17, 15) is 5.11 Å². The van der Waals surface area contributed by atoms with E-state index in [2.05, 4.69) is 37.5 Å². The Hall–Kier alpha value is -0.0800. The number of halogens is 1. The lowest BCUT2D eigenvalue weighted by atomic mass is 10.3. The molecule has 4 nitrogen and oxygen atoms in total. The molecule has 1 aliphatic heterocycles. The van der Waals surface area contributed by atoms with Gasteiger partial charge in [-0.1, -0.05) is 0 Å². The van der Waals surface area contributed by atoms with Crippen molar-refractivity contribution in [2.75, 3.05) is 18.0 Å². The number of anilines is 1. The van der Waals surface area contributed by atoms with Crippen LogP contribution in [0.2, 0.25) is 0 Å². The van der Waals surface area contributed by atoms with Crippen molar-refractivity contribution in [2.45, 2.75) is 19.4 Å². The lowest BCUT2D eigenvalue weighted by molar-refractivity contribution is 0.198. The van der Waals surface area contributed by atoms with Crippen LogP contribution in [0.5, 0.6) is 0 Å². The lowest BCUT2D eigenvalue weighted by Gasteiger charge is -2.16. The van der Waals surface area contributed by atoms with E-state index in [1.54, 1.807) is 0 Å². The summed E-state index contributed by atoms with van der Waals surface area (Å²) in [6, 6.07) is 1.95. The Labute approximate surface area is 110 Å². The van der Waals surface area contributed by atoms with Crippen LogP contribution >= 0.6 is 36.1 Å². The lowest BCUT2D eigenvalue weighted by Crippen LogP contribution is -2.22. The number of nitrogens with zero attached hydrogens (tertiary/aromatic N) is 3. The average Bonchev–Trinajstić information content (AvgIpc) is 2.50. The molecule has 15 heavy (non-hydrogen) atoms. The largest absolute Gasteiger partial charge is 0.391 e. The van der Waals surface area contributed by atoms with Crippen LogP contribution in [0.4, 0.5) is 5.82 Å². The van der Waals surface area contributed by atoms with E-state index in [-0.39, 0.29) is 19.6 Å². The summed E-state index contributed by atoms with van der Waals surface area (Å²) in [4.78, 5) is 10.7. The topological polar surface area (TPSA) is 49.2 Å². The summed E-state index contributed by atoms with van der Waals surface area (Å²) in [6.45, 7) is 3.46. The fourth-order valence-corrected chi connectivity index (χ4v) is 2.26. The molecule has 1 aromatic heterocycles. The molecule has 1 fully saturated rings. The molecule has 0 spiro atoms. The highest BCUT2D eigenvalue weighted by Gasteiger charge is 2.21. The van der Waals surface area contributed by atoms with Gasteiger partial charge in [-0.05, 0) is 35.9 Å². The Morgan fingerprint density at radius 1 is 1.53 bits per heavy atom. The molecular weight excluding hydrogens is 325 g/mol. The minimum absolute atomic E-state index is 0. The van der Waals surface area contributed by atoms with Crippen molar-refractivity contribution in [3.8, 4) is 0 Å². The van der Waals surface area contributed by atoms with Crippen molar-refractivity contribution in [3.05, 3.63) is 15.6 Å². The van der Waals surface area contributed by atoms with Gasteiger partial charge in [0.25, 0.3) is 0 Å². The third kappa shape index (κ3) is 3.18. The summed E-state index contributed by atoms with van der Waals surface area (Å²) in [7, 11) is 0. The summed E-state index contributed by atoms with van der Waals surface area (Å²) in [5.74, 6) is 1.71. The van der Waals surface area contributed by atoms with Gasteiger partial charge in [0.15, 0.2) is 0 Å². The van der Waals surface area contributed by atoms with Gasteiger partial charge in [-0.15, -0.1) is 0 Å². The first-order valence-corrected chi connectivity index (χ1v) is 5.67. The maximum absolute atomic E-state index is 9.41. The zero-order valence-electron chi connectivity index (χ0n) is 8.44. The second-order valence-electron chi connectivity index (χ2n) is 3.48. The summed E-state index contributed by atoms with van der Waals surface area (Å²) >= 11 is 2.18. The van der Waals surface area contributed by atoms with Gasteiger partial charge in [0, 0.05) is 19.2 Å². The number of aryl methyl sites for hydroxylation is 1. The van der Waals surface area contributed by atoms with Gasteiger partial charge in [0.1, 0.15) is 15.3 Å². The number of β-amino-alcohol motifs (C(OH)–C–C–N with tert-alkyl or cyclic N) is 1. The number of rotatable bonds is 1. The van der Waals surface area contributed by atoms with Gasteiger partial charge < -0.3 is 10.0 Å². The van der Waals surface area contributed by atoms with E-state index in [1.165, 1.54) is 0 Å². The van der Waals surface area contributed by atoms with E-state index >= 15 is 0 Å². The maximum Gasteiger partial charge on any atom is 0.133 e. The fourth-order valence-electron chi connectivity index (χ4n) is 1.63. The molecule has 1 atom stereocenters. The zero-order valence-corrected chi connectivity index (χ0v) is 11.6. The zero-order chi connectivity index (χ0) is 10.1. The molecule has 2 rings (SSSR count). The smallest absolute Gasteiger partial charge is 0.133 e. The number of hydrogen-bond acceptors (Lipinski definition) is 4. The average molecular weight is 339 g/mol. The molecule has 0 unspecified atom stereocenters. The van der Waals surface area contributed by atoms with Gasteiger partial charge in [-0.2, -0.15) is 13.5 Å². The van der Waals surface area contributed by atoms with Gasteiger partial charge in [-0.25, -0.2) is 9.97 Å². The predicted octanol–water partition coefficient (Wildman–Crippen LogP) is 1.07. The third-order valence-corrected chi connectivity index (χ3v) is 2.83. The van der Waals surface area contributed by atoms with Crippen molar-refractivity contribution in [1.29, 1.82) is 0 Å². The third-order valence-electron chi connectivity index (χ3n) is 2.28. The number of aliphatic hydroxyl groups is 1. The van der Waals surface area contributed by atoms with E-state index < -0.39 is 0 Å². The monoisotopic (exact) mass is 339 g/mol. The first kappa shape index (κ1) is 13.0. The quantitative estimate of drug-likeness (QED) is 0.614. The molecular formula is C9H14IN3OS. The highest BCUT2D eigenvalue weighted by atomic mass is 127. The van der Waals surface area contributed by atoms with E-state index in [0.717, 1.165) is 28.3 Å². The van der Waals surface area contributed by atoms with Crippen LogP contribution in [0.15, 0.2) is 6.07 Å². The van der Waals surface area contributed by atoms with Gasteiger partial charge in [0.05, 0.1) is 6.10 Å². The Balaban J connectivity index is 0.00000112. The Bertz CT molecular complexity index is 330. The fraction of sp³-hybridized carbons (Fsp3) is 0.556. The van der Waals surface area contributed by atoms with Crippen molar-refractivity contribution in [3.63, 3.8) is 0 Å². The Morgan fingerprint density at radius 2 is 2.27 bits per heavy atom. The predicted molar refractivity (Wildman–Crippen MR) is 72.7 cm³/mol. The standard InChI is InChI=1S/C9H12IN3O.H2S/c1-6-11-8(10)4-9(12-6)13-3-2-7(14)5-13;/h4,7,14H,2-3,5H2,1H3;1H2/t7-;/m0./s1. The second-order valence-corrected chi connectivity index (χ2v) is 4.59. The molecule has 0 bridgehead atoms. The molecule has 2 heterocycles. The van der Waals surface area contributed by atoms with Crippen LogP contribution in [0.25, 0.3) is 0 Å². The summed E-state index contributed by atoms with van der Waals surface area (Å²) < 4.78 is 0.950. The van der Waals surface area contributed by atoms with E-state index in [4.69, 9.17) is 0 Å². The second kappa shape index (κ2) is 5.31. The van der Waals surface area contributed by atoms with Crippen molar-refractivity contribution >= 4 is 41.9 Å². The van der Waals surface area contributed by atoms with Crippen LogP contribution < -0.4 is 4.90 Å². The molecule has 0 amide bonds. The maximum atomic E-state index is 9.41. The van der Waals surface area contributed by atoms with Crippen molar-refractivity contribution < 1.29 is 5.11 Å². The summed E-state index contributed by atoms with van der Waals surface area (Å²) in [5.41, 5.74) is 0. The molecule has 6 heteroatoms. The summed E-state index contributed by atoms with van der Waals surface area (Å²) in [6.07, 6.45) is 0.627. The van der Waals surface area contributed by atoms with Crippen molar-refractivity contribution in [1.82, 2.24) is 9.97 Å². The first-order chi connectivity index (χ1) is 6.65. The van der Waals surface area contributed by atoms with Crippen LogP contribution in [0.3, 0.4) is 0 Å². The number of aliphatic hydroxyl groups excluding tert-OH is 1. The van der Waals surface area contributed by atoms with Crippen LogP contribution in [0.1, 0.15) is 12.2 Å². The van der Waals surface area contributed by atoms with Gasteiger partial charge >= 0.3 is 0 Å². The highest BCUT2D eigenvalue weighted by molar-refractivity contribution is 14.1. The minimum atomic E-state index is -0.206. The normalized spacial score (nSPS) is 20.2. The number of hydrogen-bond donors (Lipinski definition) is 1. The molecule has 1 aliphatic rings. The molecule has 1 aromatic rings.